The van der Waals surface area contributed by atoms with Gasteiger partial charge >= 0.3 is 0 Å². The van der Waals surface area contributed by atoms with Crippen LogP contribution in [0.25, 0.3) is 0 Å². The molecule has 16 heavy (non-hydrogen) atoms. The number of aromatic nitrogens is 1. The number of carbonyl (C=O) groups is 1. The van der Waals surface area contributed by atoms with Crippen molar-refractivity contribution < 1.29 is 9.32 Å². The Balaban J connectivity index is 2.21. The highest BCUT2D eigenvalue weighted by atomic mass is 35.5. The molecule has 1 aromatic heterocycles. The van der Waals surface area contributed by atoms with Crippen LogP contribution in [-0.2, 0) is 0 Å². The minimum Gasteiger partial charge on any atom is -0.399 e. The van der Waals surface area contributed by atoms with Crippen molar-refractivity contribution >= 4 is 28.9 Å². The van der Waals surface area contributed by atoms with Gasteiger partial charge in [-0.3, -0.25) is 4.79 Å². The van der Waals surface area contributed by atoms with Gasteiger partial charge in [-0.1, -0.05) is 16.8 Å². The highest BCUT2D eigenvalue weighted by Crippen LogP contribution is 2.24. The number of nitrogens with one attached hydrogen (secondary N) is 1. The number of benzene rings is 1. The summed E-state index contributed by atoms with van der Waals surface area (Å²) in [5.74, 6) is -0.402. The van der Waals surface area contributed by atoms with Crippen LogP contribution in [0.2, 0.25) is 5.02 Å². The zero-order valence-electron chi connectivity index (χ0n) is 8.11. The summed E-state index contributed by atoms with van der Waals surface area (Å²) < 4.78 is 4.56. The summed E-state index contributed by atoms with van der Waals surface area (Å²) in [7, 11) is 0. The normalized spacial score (nSPS) is 10.1. The minimum atomic E-state index is -0.402. The predicted octanol–water partition coefficient (Wildman–Crippen LogP) is 2.16. The molecule has 0 aliphatic heterocycles. The molecule has 0 spiro atoms. The van der Waals surface area contributed by atoms with Gasteiger partial charge in [0.2, 0.25) is 0 Å². The molecule has 0 radical (unpaired) electrons. The second kappa shape index (κ2) is 4.24. The number of amides is 1. The fourth-order valence-electron chi connectivity index (χ4n) is 1.15. The number of hydrogen-bond acceptors (Lipinski definition) is 4. The topological polar surface area (TPSA) is 81.1 Å². The second-order valence-electron chi connectivity index (χ2n) is 3.08. The van der Waals surface area contributed by atoms with E-state index in [4.69, 9.17) is 17.3 Å². The van der Waals surface area contributed by atoms with Crippen molar-refractivity contribution in [1.29, 1.82) is 0 Å². The fourth-order valence-corrected chi connectivity index (χ4v) is 1.32. The average molecular weight is 238 g/mol. The van der Waals surface area contributed by atoms with Gasteiger partial charge in [0, 0.05) is 11.8 Å². The first-order valence-electron chi connectivity index (χ1n) is 4.43. The maximum absolute atomic E-state index is 11.6. The summed E-state index contributed by atoms with van der Waals surface area (Å²) in [4.78, 5) is 11.6. The Labute approximate surface area is 96.2 Å². The molecule has 1 heterocycles. The van der Waals surface area contributed by atoms with E-state index in [1.807, 2.05) is 0 Å². The van der Waals surface area contributed by atoms with E-state index in [1.54, 1.807) is 18.2 Å². The molecule has 0 aliphatic carbocycles. The van der Waals surface area contributed by atoms with Gasteiger partial charge in [-0.05, 0) is 18.2 Å². The Morgan fingerprint density at radius 1 is 1.44 bits per heavy atom. The molecule has 0 atom stereocenters. The van der Waals surface area contributed by atoms with E-state index in [1.165, 1.54) is 12.3 Å². The Kier molecular flexibility index (Phi) is 2.78. The quantitative estimate of drug-likeness (QED) is 0.785. The summed E-state index contributed by atoms with van der Waals surface area (Å²) in [5, 5.41) is 6.49. The van der Waals surface area contributed by atoms with Crippen molar-refractivity contribution in [2.24, 2.45) is 0 Å². The van der Waals surface area contributed by atoms with Gasteiger partial charge in [0.05, 0.1) is 10.7 Å². The van der Waals surface area contributed by atoms with E-state index in [9.17, 15) is 4.79 Å². The predicted molar refractivity (Wildman–Crippen MR) is 60.3 cm³/mol. The number of nitrogen functional groups attached to an aromatic ring is 1. The smallest absolute Gasteiger partial charge is 0.277 e. The van der Waals surface area contributed by atoms with Crippen LogP contribution in [0.15, 0.2) is 35.1 Å². The number of nitrogens with zero attached hydrogens (tertiary/aromatic N) is 1. The largest absolute Gasteiger partial charge is 0.399 e. The van der Waals surface area contributed by atoms with Gasteiger partial charge in [0.25, 0.3) is 5.91 Å². The van der Waals surface area contributed by atoms with E-state index >= 15 is 0 Å². The molecular weight excluding hydrogens is 230 g/mol. The summed E-state index contributed by atoms with van der Waals surface area (Å²) in [5.41, 5.74) is 6.71. The number of rotatable bonds is 2. The molecule has 0 saturated carbocycles. The lowest BCUT2D eigenvalue weighted by Crippen LogP contribution is -2.12. The zero-order valence-corrected chi connectivity index (χ0v) is 8.86. The van der Waals surface area contributed by atoms with Crippen molar-refractivity contribution in [2.45, 2.75) is 0 Å². The highest BCUT2D eigenvalue weighted by Gasteiger charge is 2.11. The van der Waals surface area contributed by atoms with Crippen LogP contribution >= 0.6 is 11.6 Å². The van der Waals surface area contributed by atoms with Gasteiger partial charge in [-0.2, -0.15) is 0 Å². The molecule has 5 nitrogen and oxygen atoms in total. The van der Waals surface area contributed by atoms with E-state index in [-0.39, 0.29) is 5.69 Å². The van der Waals surface area contributed by atoms with Crippen molar-refractivity contribution in [2.75, 3.05) is 11.1 Å². The first kappa shape index (κ1) is 10.5. The van der Waals surface area contributed by atoms with Gasteiger partial charge in [0.1, 0.15) is 6.26 Å². The maximum atomic E-state index is 11.6. The van der Waals surface area contributed by atoms with Crippen LogP contribution < -0.4 is 11.1 Å². The Morgan fingerprint density at radius 2 is 2.25 bits per heavy atom. The van der Waals surface area contributed by atoms with Crippen molar-refractivity contribution in [3.63, 3.8) is 0 Å². The van der Waals surface area contributed by atoms with E-state index in [0.717, 1.165) is 0 Å². The van der Waals surface area contributed by atoms with Crippen LogP contribution in [0.5, 0.6) is 0 Å². The standard InChI is InChI=1S/C10H8ClN3O2/c11-7-2-1-6(12)5-9(7)13-10(15)8-3-4-16-14-8/h1-5H,12H2,(H,13,15). The third-order valence-electron chi connectivity index (χ3n) is 1.91. The molecule has 0 fully saturated rings. The van der Waals surface area contributed by atoms with Crippen molar-refractivity contribution in [1.82, 2.24) is 5.16 Å². The molecule has 82 valence electrons. The lowest BCUT2D eigenvalue weighted by atomic mass is 10.2. The van der Waals surface area contributed by atoms with E-state index < -0.39 is 5.91 Å². The van der Waals surface area contributed by atoms with Crippen LogP contribution in [0.3, 0.4) is 0 Å². The molecule has 3 N–H and O–H groups in total. The lowest BCUT2D eigenvalue weighted by Gasteiger charge is -2.05. The number of halogens is 1. The van der Waals surface area contributed by atoms with Gasteiger partial charge in [0.15, 0.2) is 5.69 Å². The van der Waals surface area contributed by atoms with Gasteiger partial charge in [-0.25, -0.2) is 0 Å². The highest BCUT2D eigenvalue weighted by molar-refractivity contribution is 6.34. The summed E-state index contributed by atoms with van der Waals surface area (Å²) in [6, 6.07) is 6.28. The maximum Gasteiger partial charge on any atom is 0.277 e. The third kappa shape index (κ3) is 2.14. The Hall–Kier alpha value is -2.01. The molecule has 0 unspecified atom stereocenters. The Bertz CT molecular complexity index is 511. The molecular formula is C10H8ClN3O2. The molecule has 1 aromatic carbocycles. The minimum absolute atomic E-state index is 0.179. The molecule has 6 heteroatoms. The average Bonchev–Trinajstić information content (AvgIpc) is 2.76. The monoisotopic (exact) mass is 237 g/mol. The molecule has 0 saturated heterocycles. The summed E-state index contributed by atoms with van der Waals surface area (Å²) >= 11 is 5.89. The van der Waals surface area contributed by atoms with Crippen LogP contribution in [0.4, 0.5) is 11.4 Å². The first-order valence-corrected chi connectivity index (χ1v) is 4.81. The molecule has 1 amide bonds. The first-order chi connectivity index (χ1) is 7.66. The van der Waals surface area contributed by atoms with Crippen molar-refractivity contribution in [3.05, 3.63) is 41.2 Å². The zero-order chi connectivity index (χ0) is 11.5. The molecule has 0 bridgehead atoms. The van der Waals surface area contributed by atoms with Crippen molar-refractivity contribution in [3.8, 4) is 0 Å². The number of carbonyl (C=O) groups excluding carboxylic acids is 1. The van der Waals surface area contributed by atoms with E-state index in [0.29, 0.717) is 16.4 Å². The van der Waals surface area contributed by atoms with Crippen LogP contribution in [0.1, 0.15) is 10.5 Å². The summed E-state index contributed by atoms with van der Waals surface area (Å²) in [6.07, 6.45) is 1.32. The van der Waals surface area contributed by atoms with Crippen LogP contribution in [0, 0.1) is 0 Å². The SMILES string of the molecule is Nc1ccc(Cl)c(NC(=O)c2ccon2)c1. The second-order valence-corrected chi connectivity index (χ2v) is 3.49. The molecule has 0 aliphatic rings. The molecule has 2 aromatic rings. The van der Waals surface area contributed by atoms with Gasteiger partial charge < -0.3 is 15.6 Å². The summed E-state index contributed by atoms with van der Waals surface area (Å²) in [6.45, 7) is 0. The lowest BCUT2D eigenvalue weighted by molar-refractivity contribution is 0.101. The number of nitrogens with two attached hydrogens (primary N) is 1. The van der Waals surface area contributed by atoms with Crippen LogP contribution in [-0.4, -0.2) is 11.1 Å². The molecule has 2 rings (SSSR count). The number of hydrogen-bond donors (Lipinski definition) is 2. The third-order valence-corrected chi connectivity index (χ3v) is 2.24. The Morgan fingerprint density at radius 3 is 2.94 bits per heavy atom. The van der Waals surface area contributed by atoms with Gasteiger partial charge in [-0.15, -0.1) is 0 Å². The fraction of sp³-hybridized carbons (Fsp3) is 0. The number of anilines is 2. The van der Waals surface area contributed by atoms with E-state index in [2.05, 4.69) is 15.0 Å².